The fourth-order valence-corrected chi connectivity index (χ4v) is 4.08. The molecule has 0 saturated carbocycles. The Morgan fingerprint density at radius 1 is 1.03 bits per heavy atom. The number of nitrogens with two attached hydrogens (primary N) is 1. The first-order valence-corrected chi connectivity index (χ1v) is 10.9. The third-order valence-electron chi connectivity index (χ3n) is 6.17. The van der Waals surface area contributed by atoms with Gasteiger partial charge in [0, 0.05) is 55.9 Å². The van der Waals surface area contributed by atoms with Gasteiger partial charge < -0.3 is 15.5 Å². The molecule has 1 fully saturated rings. The Morgan fingerprint density at radius 3 is 2.61 bits per heavy atom. The summed E-state index contributed by atoms with van der Waals surface area (Å²) in [5.74, 6) is 1.44. The lowest BCUT2D eigenvalue weighted by Crippen LogP contribution is -2.44. The number of pyridine rings is 1. The maximum Gasteiger partial charge on any atom is 0.169 e. The van der Waals surface area contributed by atoms with Crippen molar-refractivity contribution >= 4 is 28.3 Å². The van der Waals surface area contributed by atoms with Crippen LogP contribution in [0.15, 0.2) is 48.8 Å². The highest BCUT2D eigenvalue weighted by molar-refractivity contribution is 5.98. The van der Waals surface area contributed by atoms with Crippen LogP contribution in [0.5, 0.6) is 0 Å². The topological polar surface area (TPSA) is 106 Å². The number of fused-ring (bicyclic) bond motifs is 1. The van der Waals surface area contributed by atoms with E-state index in [-0.39, 0.29) is 12.2 Å². The highest BCUT2D eigenvalue weighted by Crippen LogP contribution is 2.28. The van der Waals surface area contributed by atoms with Crippen LogP contribution in [0.25, 0.3) is 22.0 Å². The van der Waals surface area contributed by atoms with Crippen molar-refractivity contribution in [2.75, 3.05) is 43.9 Å². The number of rotatable bonds is 5. The number of nitrogen functional groups attached to an aromatic ring is 1. The zero-order valence-corrected chi connectivity index (χ0v) is 18.8. The van der Waals surface area contributed by atoms with Crippen LogP contribution < -0.4 is 10.6 Å². The van der Waals surface area contributed by atoms with Crippen LogP contribution in [0.3, 0.4) is 0 Å². The lowest BCUT2D eigenvalue weighted by atomic mass is 10.0. The van der Waals surface area contributed by atoms with E-state index in [1.54, 1.807) is 23.1 Å². The summed E-state index contributed by atoms with van der Waals surface area (Å²) >= 11 is 0. The molecule has 0 unspecified atom stereocenters. The summed E-state index contributed by atoms with van der Waals surface area (Å²) < 4.78 is 1.64. The molecule has 1 aliphatic heterocycles. The van der Waals surface area contributed by atoms with Gasteiger partial charge in [-0.05, 0) is 42.9 Å². The van der Waals surface area contributed by atoms with Gasteiger partial charge in [0.2, 0.25) is 0 Å². The van der Waals surface area contributed by atoms with Gasteiger partial charge in [0.05, 0.1) is 23.8 Å². The zero-order valence-electron chi connectivity index (χ0n) is 18.8. The molecule has 4 aromatic rings. The van der Waals surface area contributed by atoms with Crippen molar-refractivity contribution in [1.29, 1.82) is 0 Å². The van der Waals surface area contributed by atoms with Gasteiger partial charge in [-0.15, -0.1) is 0 Å². The number of ketones is 1. The number of carbonyl (C=O) groups is 1. The van der Waals surface area contributed by atoms with Crippen molar-refractivity contribution in [3.8, 4) is 11.1 Å². The molecule has 1 aromatic carbocycles. The Labute approximate surface area is 191 Å². The van der Waals surface area contributed by atoms with Crippen LogP contribution in [-0.4, -0.2) is 68.9 Å². The van der Waals surface area contributed by atoms with Crippen molar-refractivity contribution in [2.24, 2.45) is 7.05 Å². The van der Waals surface area contributed by atoms with Gasteiger partial charge in [0.25, 0.3) is 0 Å². The molecule has 0 bridgehead atoms. The van der Waals surface area contributed by atoms with E-state index < -0.39 is 0 Å². The predicted molar refractivity (Wildman–Crippen MR) is 128 cm³/mol. The largest absolute Gasteiger partial charge is 0.383 e. The van der Waals surface area contributed by atoms with E-state index >= 15 is 0 Å². The molecule has 0 atom stereocenters. The molecular weight excluding hydrogens is 416 g/mol. The fourth-order valence-electron chi connectivity index (χ4n) is 4.08. The Morgan fingerprint density at radius 2 is 1.85 bits per heavy atom. The van der Waals surface area contributed by atoms with Crippen molar-refractivity contribution in [3.63, 3.8) is 0 Å². The standard InChI is InChI=1S/C24H26N8O/c1-30-7-9-32(10-8-30)23-13-17(5-6-26-23)22(33)14-19-12-18-11-16(3-4-21(18)29-28-19)20-15-27-31(2)24(20)25/h3-6,11-13,15H,7-10,14,25H2,1-2H3. The van der Waals surface area contributed by atoms with Gasteiger partial charge in [0.15, 0.2) is 5.78 Å². The number of benzene rings is 1. The molecule has 0 spiro atoms. The average molecular weight is 443 g/mol. The first-order chi connectivity index (χ1) is 16.0. The highest BCUT2D eigenvalue weighted by atomic mass is 16.1. The first-order valence-electron chi connectivity index (χ1n) is 10.9. The molecule has 3 aromatic heterocycles. The smallest absolute Gasteiger partial charge is 0.169 e. The number of hydrogen-bond donors (Lipinski definition) is 1. The van der Waals surface area contributed by atoms with Crippen molar-refractivity contribution < 1.29 is 4.79 Å². The van der Waals surface area contributed by atoms with E-state index in [2.05, 4.69) is 37.1 Å². The van der Waals surface area contributed by atoms with E-state index in [1.807, 2.05) is 37.4 Å². The third kappa shape index (κ3) is 4.27. The quantitative estimate of drug-likeness (QED) is 0.469. The van der Waals surface area contributed by atoms with E-state index in [4.69, 9.17) is 5.73 Å². The van der Waals surface area contributed by atoms with Gasteiger partial charge in [0.1, 0.15) is 11.6 Å². The lowest BCUT2D eigenvalue weighted by molar-refractivity contribution is 0.0991. The van der Waals surface area contributed by atoms with Gasteiger partial charge >= 0.3 is 0 Å². The van der Waals surface area contributed by atoms with Gasteiger partial charge in [-0.3, -0.25) is 9.48 Å². The van der Waals surface area contributed by atoms with Gasteiger partial charge in [-0.1, -0.05) is 6.07 Å². The van der Waals surface area contributed by atoms with Crippen LogP contribution in [-0.2, 0) is 13.5 Å². The number of anilines is 2. The van der Waals surface area contributed by atoms with Crippen molar-refractivity contribution in [2.45, 2.75) is 6.42 Å². The number of nitrogens with zero attached hydrogens (tertiary/aromatic N) is 7. The van der Waals surface area contributed by atoms with Gasteiger partial charge in [-0.2, -0.15) is 15.3 Å². The molecule has 2 N–H and O–H groups in total. The molecule has 9 nitrogen and oxygen atoms in total. The number of aryl methyl sites for hydroxylation is 1. The summed E-state index contributed by atoms with van der Waals surface area (Å²) in [5, 5.41) is 13.7. The Balaban J connectivity index is 1.37. The SMILES string of the molecule is CN1CCN(c2cc(C(=O)Cc3cc4cc(-c5cnn(C)c5N)ccc4nn3)ccn2)CC1. The van der Waals surface area contributed by atoms with Gasteiger partial charge in [-0.25, -0.2) is 4.98 Å². The Hall–Kier alpha value is -3.85. The molecule has 4 heterocycles. The number of likely N-dealkylation sites (N-methyl/N-ethyl adjacent to an activating group) is 1. The molecule has 168 valence electrons. The Bertz CT molecular complexity index is 1320. The molecule has 33 heavy (non-hydrogen) atoms. The first kappa shape index (κ1) is 21.0. The van der Waals surface area contributed by atoms with Crippen LogP contribution >= 0.6 is 0 Å². The maximum absolute atomic E-state index is 13.0. The summed E-state index contributed by atoms with van der Waals surface area (Å²) in [6.07, 6.45) is 3.63. The van der Waals surface area contributed by atoms with E-state index in [9.17, 15) is 4.79 Å². The van der Waals surface area contributed by atoms with Crippen molar-refractivity contribution in [1.82, 2.24) is 29.9 Å². The summed E-state index contributed by atoms with van der Waals surface area (Å²) in [4.78, 5) is 22.0. The minimum atomic E-state index is -0.00548. The second kappa shape index (κ2) is 8.59. The summed E-state index contributed by atoms with van der Waals surface area (Å²) in [7, 11) is 3.92. The number of Topliss-reactive ketones (excluding diaryl/α,β-unsaturated/α-hetero) is 1. The lowest BCUT2D eigenvalue weighted by Gasteiger charge is -2.33. The van der Waals surface area contributed by atoms with E-state index in [0.717, 1.165) is 54.0 Å². The van der Waals surface area contributed by atoms with E-state index in [0.29, 0.717) is 17.1 Å². The maximum atomic E-state index is 13.0. The van der Waals surface area contributed by atoms with Crippen LogP contribution in [0.1, 0.15) is 16.1 Å². The van der Waals surface area contributed by atoms with E-state index in [1.165, 1.54) is 0 Å². The van der Waals surface area contributed by atoms with Crippen LogP contribution in [0.4, 0.5) is 11.6 Å². The monoisotopic (exact) mass is 442 g/mol. The molecular formula is C24H26N8O. The minimum Gasteiger partial charge on any atom is -0.383 e. The minimum absolute atomic E-state index is 0.00548. The molecule has 1 saturated heterocycles. The number of carbonyl (C=O) groups excluding carboxylic acids is 1. The van der Waals surface area contributed by atoms with Crippen molar-refractivity contribution in [3.05, 3.63) is 60.0 Å². The average Bonchev–Trinajstić information content (AvgIpc) is 3.17. The van der Waals surface area contributed by atoms with Crippen LogP contribution in [0.2, 0.25) is 0 Å². The number of aromatic nitrogens is 5. The fraction of sp³-hybridized carbons (Fsp3) is 0.292. The number of hydrogen-bond acceptors (Lipinski definition) is 8. The molecule has 9 heteroatoms. The predicted octanol–water partition coefficient (Wildman–Crippen LogP) is 2.18. The Kier molecular flexibility index (Phi) is 5.47. The molecule has 0 radical (unpaired) electrons. The summed E-state index contributed by atoms with van der Waals surface area (Å²) in [6.45, 7) is 3.78. The molecule has 0 amide bonds. The van der Waals surface area contributed by atoms with Crippen LogP contribution in [0, 0.1) is 0 Å². The second-order valence-corrected chi connectivity index (χ2v) is 8.47. The molecule has 1 aliphatic rings. The molecule has 0 aliphatic carbocycles. The third-order valence-corrected chi connectivity index (χ3v) is 6.17. The molecule has 5 rings (SSSR count). The summed E-state index contributed by atoms with van der Waals surface area (Å²) in [5.41, 5.74) is 9.97. The number of piperazine rings is 1. The highest BCUT2D eigenvalue weighted by Gasteiger charge is 2.17. The summed E-state index contributed by atoms with van der Waals surface area (Å²) in [6, 6.07) is 11.4. The zero-order chi connectivity index (χ0) is 22.9. The normalized spacial score (nSPS) is 14.7. The second-order valence-electron chi connectivity index (χ2n) is 8.47.